The van der Waals surface area contributed by atoms with E-state index in [2.05, 4.69) is 42.9 Å². The molecule has 0 N–H and O–H groups in total. The quantitative estimate of drug-likeness (QED) is 0.820. The van der Waals surface area contributed by atoms with Gasteiger partial charge in [0.05, 0.1) is 0 Å². The van der Waals surface area contributed by atoms with Crippen molar-refractivity contribution in [1.29, 1.82) is 0 Å². The molecule has 0 spiro atoms. The van der Waals surface area contributed by atoms with Crippen molar-refractivity contribution in [2.75, 3.05) is 26.7 Å². The van der Waals surface area contributed by atoms with Crippen LogP contribution in [-0.2, 0) is 6.42 Å². The average Bonchev–Trinajstić information content (AvgIpc) is 2.86. The molecule has 1 amide bonds. The molecule has 1 fully saturated rings. The fourth-order valence-electron chi connectivity index (χ4n) is 2.61. The van der Waals surface area contributed by atoms with Crippen molar-refractivity contribution in [2.24, 2.45) is 5.41 Å². The van der Waals surface area contributed by atoms with Crippen LogP contribution in [0.4, 0.5) is 0 Å². The van der Waals surface area contributed by atoms with Gasteiger partial charge in [-0.05, 0) is 12.5 Å². The number of piperazine rings is 1. The number of rotatable bonds is 2. The van der Waals surface area contributed by atoms with E-state index in [-0.39, 0.29) is 17.2 Å². The Morgan fingerprint density at radius 2 is 2.10 bits per heavy atom. The molecule has 20 heavy (non-hydrogen) atoms. The summed E-state index contributed by atoms with van der Waals surface area (Å²) in [5.41, 5.74) is 0.122. The Kier molecular flexibility index (Phi) is 4.13. The molecule has 6 heteroatoms. The number of nitrogens with zero attached hydrogens (tertiary/aromatic N) is 4. The maximum absolute atomic E-state index is 12.4. The summed E-state index contributed by atoms with van der Waals surface area (Å²) in [6.45, 7) is 10.8. The molecule has 1 unspecified atom stereocenters. The molecule has 1 atom stereocenters. The highest BCUT2D eigenvalue weighted by atomic mass is 16.5. The molecule has 2 rings (SSSR count). The van der Waals surface area contributed by atoms with Crippen LogP contribution in [-0.4, -0.2) is 58.6 Å². The van der Waals surface area contributed by atoms with Crippen LogP contribution in [0.1, 0.15) is 44.2 Å². The van der Waals surface area contributed by atoms with Crippen molar-refractivity contribution in [2.45, 2.75) is 40.2 Å². The van der Waals surface area contributed by atoms with Gasteiger partial charge in [0.2, 0.25) is 0 Å². The minimum Gasteiger partial charge on any atom is -0.332 e. The monoisotopic (exact) mass is 280 g/mol. The summed E-state index contributed by atoms with van der Waals surface area (Å²) >= 11 is 0. The number of amides is 1. The third kappa shape index (κ3) is 3.00. The smallest absolute Gasteiger partial charge is 0.316 e. The number of carbonyl (C=O) groups excluding carboxylic acids is 1. The van der Waals surface area contributed by atoms with E-state index in [9.17, 15) is 4.79 Å². The van der Waals surface area contributed by atoms with Gasteiger partial charge in [0.15, 0.2) is 5.82 Å². The lowest BCUT2D eigenvalue weighted by atomic mass is 9.84. The van der Waals surface area contributed by atoms with Crippen LogP contribution in [0, 0.1) is 5.41 Å². The molecule has 1 aliphatic heterocycles. The lowest BCUT2D eigenvalue weighted by Gasteiger charge is -2.45. The highest BCUT2D eigenvalue weighted by molar-refractivity contribution is 5.89. The molecule has 2 heterocycles. The fraction of sp³-hybridized carbons (Fsp3) is 0.786. The van der Waals surface area contributed by atoms with E-state index in [1.54, 1.807) is 0 Å². The number of aromatic nitrogens is 2. The van der Waals surface area contributed by atoms with Gasteiger partial charge in [-0.3, -0.25) is 9.69 Å². The Morgan fingerprint density at radius 3 is 2.65 bits per heavy atom. The Labute approximate surface area is 120 Å². The van der Waals surface area contributed by atoms with Crippen LogP contribution in [0.25, 0.3) is 0 Å². The second kappa shape index (κ2) is 5.52. The normalized spacial score (nSPS) is 21.2. The molecule has 0 bridgehead atoms. The summed E-state index contributed by atoms with van der Waals surface area (Å²) in [5, 5.41) is 3.79. The molecule has 0 saturated carbocycles. The number of likely N-dealkylation sites (N-methyl/N-ethyl adjacent to an activating group) is 1. The van der Waals surface area contributed by atoms with E-state index in [0.29, 0.717) is 31.4 Å². The number of aryl methyl sites for hydroxylation is 1. The molecule has 1 saturated heterocycles. The molecule has 112 valence electrons. The summed E-state index contributed by atoms with van der Waals surface area (Å²) in [5.74, 6) is 0.536. The van der Waals surface area contributed by atoms with Crippen molar-refractivity contribution in [3.05, 3.63) is 11.7 Å². The lowest BCUT2D eigenvalue weighted by molar-refractivity contribution is 0.0252. The zero-order valence-electron chi connectivity index (χ0n) is 13.0. The minimum absolute atomic E-state index is 0.110. The molecule has 0 aliphatic carbocycles. The van der Waals surface area contributed by atoms with Crippen molar-refractivity contribution < 1.29 is 9.32 Å². The number of hydrogen-bond acceptors (Lipinski definition) is 5. The first-order chi connectivity index (χ1) is 9.32. The van der Waals surface area contributed by atoms with Crippen molar-refractivity contribution in [3.63, 3.8) is 0 Å². The first kappa shape index (κ1) is 15.0. The van der Waals surface area contributed by atoms with Crippen LogP contribution >= 0.6 is 0 Å². The van der Waals surface area contributed by atoms with E-state index in [1.807, 2.05) is 11.8 Å². The summed E-state index contributed by atoms with van der Waals surface area (Å²) in [7, 11) is 2.11. The molecule has 6 nitrogen and oxygen atoms in total. The van der Waals surface area contributed by atoms with E-state index in [4.69, 9.17) is 4.52 Å². The van der Waals surface area contributed by atoms with Crippen LogP contribution < -0.4 is 0 Å². The Balaban J connectivity index is 2.11. The third-order valence-electron chi connectivity index (χ3n) is 3.90. The Bertz CT molecular complexity index is 478. The molecule has 1 aromatic heterocycles. The first-order valence-corrected chi connectivity index (χ1v) is 7.15. The molecule has 0 aromatic carbocycles. The summed E-state index contributed by atoms with van der Waals surface area (Å²) in [4.78, 5) is 20.7. The maximum atomic E-state index is 12.4. The minimum atomic E-state index is -0.153. The molecule has 1 aliphatic rings. The maximum Gasteiger partial charge on any atom is 0.316 e. The van der Waals surface area contributed by atoms with Gasteiger partial charge in [0, 0.05) is 32.1 Å². The average molecular weight is 280 g/mol. The zero-order chi connectivity index (χ0) is 14.9. The van der Waals surface area contributed by atoms with Crippen LogP contribution in [0.2, 0.25) is 0 Å². The lowest BCUT2D eigenvalue weighted by Crippen LogP contribution is -2.57. The first-order valence-electron chi connectivity index (χ1n) is 7.15. The standard InChI is InChI=1S/C14H24N4O2/c1-6-11-15-12(20-16-11)13(19)18-8-7-17(5)10(9-18)14(2,3)4/h10H,6-9H2,1-5H3. The van der Waals surface area contributed by atoms with Crippen molar-refractivity contribution >= 4 is 5.91 Å². The van der Waals surface area contributed by atoms with Crippen LogP contribution in [0.15, 0.2) is 4.52 Å². The summed E-state index contributed by atoms with van der Waals surface area (Å²) in [6.07, 6.45) is 0.671. The van der Waals surface area contributed by atoms with Gasteiger partial charge in [-0.15, -0.1) is 0 Å². The highest BCUT2D eigenvalue weighted by Gasteiger charge is 2.36. The number of carbonyl (C=O) groups is 1. The van der Waals surface area contributed by atoms with Gasteiger partial charge in [0.25, 0.3) is 0 Å². The van der Waals surface area contributed by atoms with E-state index in [0.717, 1.165) is 6.54 Å². The highest BCUT2D eigenvalue weighted by Crippen LogP contribution is 2.27. The molecular formula is C14H24N4O2. The number of hydrogen-bond donors (Lipinski definition) is 0. The van der Waals surface area contributed by atoms with E-state index < -0.39 is 0 Å². The van der Waals surface area contributed by atoms with Gasteiger partial charge < -0.3 is 9.42 Å². The predicted octanol–water partition coefficient (Wildman–Crippen LogP) is 1.43. The SMILES string of the molecule is CCc1noc(C(=O)N2CCN(C)C(C(C)(C)C)C2)n1. The Hall–Kier alpha value is -1.43. The van der Waals surface area contributed by atoms with Gasteiger partial charge in [0.1, 0.15) is 0 Å². The third-order valence-corrected chi connectivity index (χ3v) is 3.90. The van der Waals surface area contributed by atoms with Gasteiger partial charge in [-0.25, -0.2) is 0 Å². The second-order valence-corrected chi connectivity index (χ2v) is 6.48. The summed E-state index contributed by atoms with van der Waals surface area (Å²) < 4.78 is 5.05. The van der Waals surface area contributed by atoms with E-state index >= 15 is 0 Å². The van der Waals surface area contributed by atoms with Crippen molar-refractivity contribution in [1.82, 2.24) is 19.9 Å². The van der Waals surface area contributed by atoms with Crippen LogP contribution in [0.3, 0.4) is 0 Å². The van der Waals surface area contributed by atoms with Gasteiger partial charge in [-0.1, -0.05) is 32.9 Å². The predicted molar refractivity (Wildman–Crippen MR) is 75.5 cm³/mol. The largest absolute Gasteiger partial charge is 0.332 e. The molecule has 0 radical (unpaired) electrons. The van der Waals surface area contributed by atoms with E-state index in [1.165, 1.54) is 0 Å². The Morgan fingerprint density at radius 1 is 1.40 bits per heavy atom. The van der Waals surface area contributed by atoms with Gasteiger partial charge >= 0.3 is 11.8 Å². The zero-order valence-corrected chi connectivity index (χ0v) is 13.0. The van der Waals surface area contributed by atoms with Crippen molar-refractivity contribution in [3.8, 4) is 0 Å². The van der Waals surface area contributed by atoms with Crippen LogP contribution in [0.5, 0.6) is 0 Å². The van der Waals surface area contributed by atoms with Gasteiger partial charge in [-0.2, -0.15) is 4.98 Å². The fourth-order valence-corrected chi connectivity index (χ4v) is 2.61. The molecular weight excluding hydrogens is 256 g/mol. The molecule has 1 aromatic rings. The topological polar surface area (TPSA) is 62.5 Å². The second-order valence-electron chi connectivity index (χ2n) is 6.48. The summed E-state index contributed by atoms with van der Waals surface area (Å²) in [6, 6.07) is 0.328.